The molecule has 1 aliphatic rings. The monoisotopic (exact) mass is 289 g/mol. The highest BCUT2D eigenvalue weighted by molar-refractivity contribution is 7.20. The van der Waals surface area contributed by atoms with E-state index in [0.29, 0.717) is 0 Å². The van der Waals surface area contributed by atoms with Crippen LogP contribution in [-0.2, 0) is 15.7 Å². The van der Waals surface area contributed by atoms with Crippen LogP contribution in [-0.4, -0.2) is 23.3 Å². The van der Waals surface area contributed by atoms with Gasteiger partial charge in [0.25, 0.3) is 0 Å². The smallest absolute Gasteiger partial charge is 0.399 e. The fourth-order valence-corrected chi connectivity index (χ4v) is 3.35. The van der Waals surface area contributed by atoms with Crippen LogP contribution in [0.1, 0.15) is 39.6 Å². The first kappa shape index (κ1) is 14.0. The first-order valence-electron chi connectivity index (χ1n) is 7.08. The SMILES string of the molecule is CCc1nc2cccc(B3OC(C)(C)C(C)(C)O3)c2s1. The second-order valence-corrected chi connectivity index (χ2v) is 7.33. The third-order valence-electron chi connectivity index (χ3n) is 4.30. The molecule has 1 aliphatic heterocycles. The van der Waals surface area contributed by atoms with Gasteiger partial charge >= 0.3 is 7.12 Å². The van der Waals surface area contributed by atoms with E-state index < -0.39 is 0 Å². The zero-order valence-electron chi connectivity index (χ0n) is 12.7. The number of rotatable bonds is 2. The van der Waals surface area contributed by atoms with Gasteiger partial charge in [0.15, 0.2) is 0 Å². The third kappa shape index (κ3) is 2.08. The molecule has 0 N–H and O–H groups in total. The zero-order valence-corrected chi connectivity index (χ0v) is 13.5. The van der Waals surface area contributed by atoms with Crippen molar-refractivity contribution in [3.63, 3.8) is 0 Å². The number of aromatic nitrogens is 1. The van der Waals surface area contributed by atoms with Crippen LogP contribution in [0.15, 0.2) is 18.2 Å². The Morgan fingerprint density at radius 2 is 1.80 bits per heavy atom. The molecule has 3 nitrogen and oxygen atoms in total. The van der Waals surface area contributed by atoms with E-state index in [2.05, 4.69) is 51.7 Å². The molecule has 0 bridgehead atoms. The number of hydrogen-bond donors (Lipinski definition) is 0. The van der Waals surface area contributed by atoms with Crippen LogP contribution < -0.4 is 5.46 Å². The van der Waals surface area contributed by atoms with Gasteiger partial charge in [0, 0.05) is 5.46 Å². The largest absolute Gasteiger partial charge is 0.496 e. The van der Waals surface area contributed by atoms with Crippen molar-refractivity contribution in [1.82, 2.24) is 4.98 Å². The number of thiazole rings is 1. The Morgan fingerprint density at radius 3 is 2.40 bits per heavy atom. The highest BCUT2D eigenvalue weighted by Gasteiger charge is 2.52. The molecule has 0 spiro atoms. The summed E-state index contributed by atoms with van der Waals surface area (Å²) in [6.45, 7) is 10.5. The van der Waals surface area contributed by atoms with Crippen LogP contribution in [0.25, 0.3) is 10.2 Å². The molecule has 0 saturated carbocycles. The maximum absolute atomic E-state index is 6.16. The lowest BCUT2D eigenvalue weighted by atomic mass is 9.79. The quantitative estimate of drug-likeness (QED) is 0.796. The topological polar surface area (TPSA) is 31.4 Å². The lowest BCUT2D eigenvalue weighted by Gasteiger charge is -2.32. The van der Waals surface area contributed by atoms with Crippen LogP contribution in [0, 0.1) is 0 Å². The number of benzene rings is 1. The molecule has 1 fully saturated rings. The molecule has 0 amide bonds. The van der Waals surface area contributed by atoms with E-state index in [9.17, 15) is 0 Å². The minimum atomic E-state index is -0.311. The molecule has 2 heterocycles. The standard InChI is InChI=1S/C15H20BNO2S/c1-6-12-17-11-9-7-8-10(13(11)20-12)16-18-14(2,3)15(4,5)19-16/h7-9H,6H2,1-5H3. The number of nitrogens with zero attached hydrogens (tertiary/aromatic N) is 1. The van der Waals surface area contributed by atoms with Gasteiger partial charge in [-0.25, -0.2) is 4.98 Å². The molecule has 5 heteroatoms. The highest BCUT2D eigenvalue weighted by Crippen LogP contribution is 2.37. The normalized spacial score (nSPS) is 20.8. The second kappa shape index (κ2) is 4.55. The Bertz CT molecular complexity index is 634. The van der Waals surface area contributed by atoms with Crippen LogP contribution in [0.5, 0.6) is 0 Å². The molecule has 3 rings (SSSR count). The van der Waals surface area contributed by atoms with Crippen molar-refractivity contribution in [3.8, 4) is 0 Å². The van der Waals surface area contributed by atoms with Crippen LogP contribution in [0.3, 0.4) is 0 Å². The van der Waals surface area contributed by atoms with Gasteiger partial charge in [-0.2, -0.15) is 0 Å². The van der Waals surface area contributed by atoms with E-state index in [4.69, 9.17) is 9.31 Å². The first-order valence-corrected chi connectivity index (χ1v) is 7.89. The van der Waals surface area contributed by atoms with Gasteiger partial charge in [-0.1, -0.05) is 19.1 Å². The Balaban J connectivity index is 2.05. The summed E-state index contributed by atoms with van der Waals surface area (Å²) in [4.78, 5) is 4.64. The summed E-state index contributed by atoms with van der Waals surface area (Å²) in [6.07, 6.45) is 0.960. The van der Waals surface area contributed by atoms with Gasteiger partial charge in [0.05, 0.1) is 26.4 Å². The molecule has 20 heavy (non-hydrogen) atoms. The maximum atomic E-state index is 6.16. The minimum absolute atomic E-state index is 0.307. The lowest BCUT2D eigenvalue weighted by Crippen LogP contribution is -2.41. The van der Waals surface area contributed by atoms with Crippen molar-refractivity contribution in [2.24, 2.45) is 0 Å². The molecule has 1 aromatic carbocycles. The van der Waals surface area contributed by atoms with E-state index in [1.165, 1.54) is 4.70 Å². The molecular formula is C15H20BNO2S. The maximum Gasteiger partial charge on any atom is 0.496 e. The van der Waals surface area contributed by atoms with Crippen molar-refractivity contribution in [3.05, 3.63) is 23.2 Å². The molecule has 1 saturated heterocycles. The van der Waals surface area contributed by atoms with Crippen LogP contribution >= 0.6 is 11.3 Å². The van der Waals surface area contributed by atoms with E-state index in [1.807, 2.05) is 6.07 Å². The number of hydrogen-bond acceptors (Lipinski definition) is 4. The summed E-state index contributed by atoms with van der Waals surface area (Å²) in [5, 5.41) is 1.16. The van der Waals surface area contributed by atoms with Crippen LogP contribution in [0.4, 0.5) is 0 Å². The molecule has 0 atom stereocenters. The van der Waals surface area contributed by atoms with Crippen molar-refractivity contribution in [1.29, 1.82) is 0 Å². The third-order valence-corrected chi connectivity index (χ3v) is 5.56. The summed E-state index contributed by atoms with van der Waals surface area (Å²) in [6, 6.07) is 6.17. The van der Waals surface area contributed by atoms with Gasteiger partial charge in [-0.05, 0) is 40.2 Å². The lowest BCUT2D eigenvalue weighted by molar-refractivity contribution is 0.00578. The molecule has 0 radical (unpaired) electrons. The molecule has 2 aromatic rings. The zero-order chi connectivity index (χ0) is 14.5. The molecular weight excluding hydrogens is 269 g/mol. The van der Waals surface area contributed by atoms with Crippen molar-refractivity contribution in [2.45, 2.75) is 52.2 Å². The first-order chi connectivity index (χ1) is 9.34. The number of aryl methyl sites for hydroxylation is 1. The van der Waals surface area contributed by atoms with Gasteiger partial charge in [-0.3, -0.25) is 0 Å². The van der Waals surface area contributed by atoms with Gasteiger partial charge in [-0.15, -0.1) is 11.3 Å². The fraction of sp³-hybridized carbons (Fsp3) is 0.533. The van der Waals surface area contributed by atoms with Crippen molar-refractivity contribution >= 4 is 34.1 Å². The van der Waals surface area contributed by atoms with Gasteiger partial charge in [0.2, 0.25) is 0 Å². The molecule has 106 valence electrons. The Labute approximate surface area is 124 Å². The van der Waals surface area contributed by atoms with Gasteiger partial charge < -0.3 is 9.31 Å². The fourth-order valence-electron chi connectivity index (χ4n) is 2.32. The van der Waals surface area contributed by atoms with Crippen molar-refractivity contribution < 1.29 is 9.31 Å². The average Bonchev–Trinajstić information content (AvgIpc) is 2.87. The average molecular weight is 289 g/mol. The summed E-state index contributed by atoms with van der Waals surface area (Å²) in [7, 11) is -0.311. The molecule has 1 aromatic heterocycles. The molecule has 0 aliphatic carbocycles. The van der Waals surface area contributed by atoms with E-state index >= 15 is 0 Å². The second-order valence-electron chi connectivity index (χ2n) is 6.24. The molecule has 0 unspecified atom stereocenters. The number of fused-ring (bicyclic) bond motifs is 1. The summed E-state index contributed by atoms with van der Waals surface area (Å²) in [5.74, 6) is 0. The predicted molar refractivity (Wildman–Crippen MR) is 84.7 cm³/mol. The van der Waals surface area contributed by atoms with E-state index in [1.54, 1.807) is 11.3 Å². The van der Waals surface area contributed by atoms with E-state index in [-0.39, 0.29) is 18.3 Å². The Kier molecular flexibility index (Phi) is 3.20. The van der Waals surface area contributed by atoms with Crippen LogP contribution in [0.2, 0.25) is 0 Å². The van der Waals surface area contributed by atoms with Crippen molar-refractivity contribution in [2.75, 3.05) is 0 Å². The Morgan fingerprint density at radius 1 is 1.15 bits per heavy atom. The Hall–Kier alpha value is -0.905. The van der Waals surface area contributed by atoms with Gasteiger partial charge in [0.1, 0.15) is 0 Å². The highest BCUT2D eigenvalue weighted by atomic mass is 32.1. The summed E-state index contributed by atoms with van der Waals surface area (Å²) < 4.78 is 13.5. The minimum Gasteiger partial charge on any atom is -0.399 e. The predicted octanol–water partition coefficient (Wildman–Crippen LogP) is 3.16. The summed E-state index contributed by atoms with van der Waals surface area (Å²) in [5.41, 5.74) is 1.52. The van der Waals surface area contributed by atoms with E-state index in [0.717, 1.165) is 22.4 Å². The summed E-state index contributed by atoms with van der Waals surface area (Å²) >= 11 is 1.74.